The van der Waals surface area contributed by atoms with Gasteiger partial charge in [-0.15, -0.1) is 0 Å². The summed E-state index contributed by atoms with van der Waals surface area (Å²) in [5, 5.41) is 0. The molecular formula is C12H16N2O. The highest BCUT2D eigenvalue weighted by atomic mass is 16.1. The molecule has 1 saturated heterocycles. The van der Waals surface area contributed by atoms with E-state index in [9.17, 15) is 4.79 Å². The standard InChI is InChI=1S/C12H16N2O/c13-12(15)9-10-3-5-11(6-4-10)14-7-1-2-8-14/h3-6H,1-2,7-9H2,(H2,13,15). The number of carbonyl (C=O) groups is 1. The average Bonchev–Trinajstić information content (AvgIpc) is 2.71. The van der Waals surface area contributed by atoms with Gasteiger partial charge in [-0.2, -0.15) is 0 Å². The van der Waals surface area contributed by atoms with Crippen LogP contribution in [0.3, 0.4) is 0 Å². The Labute approximate surface area is 89.9 Å². The maximum atomic E-state index is 10.7. The second-order valence-electron chi connectivity index (χ2n) is 4.00. The molecule has 1 heterocycles. The summed E-state index contributed by atoms with van der Waals surface area (Å²) in [6, 6.07) is 8.12. The number of nitrogens with two attached hydrogens (primary N) is 1. The van der Waals surface area contributed by atoms with Crippen molar-refractivity contribution in [3.63, 3.8) is 0 Å². The fraction of sp³-hybridized carbons (Fsp3) is 0.417. The Bertz CT molecular complexity index is 339. The fourth-order valence-corrected chi connectivity index (χ4v) is 2.00. The minimum Gasteiger partial charge on any atom is -0.372 e. The highest BCUT2D eigenvalue weighted by Gasteiger charge is 2.11. The predicted molar refractivity (Wildman–Crippen MR) is 60.8 cm³/mol. The van der Waals surface area contributed by atoms with E-state index in [1.54, 1.807) is 0 Å². The zero-order valence-electron chi connectivity index (χ0n) is 8.78. The first-order valence-corrected chi connectivity index (χ1v) is 5.38. The van der Waals surface area contributed by atoms with Crippen LogP contribution in [0.15, 0.2) is 24.3 Å². The Balaban J connectivity index is 2.06. The van der Waals surface area contributed by atoms with Gasteiger partial charge in [-0.25, -0.2) is 0 Å². The van der Waals surface area contributed by atoms with Crippen molar-refractivity contribution in [2.24, 2.45) is 5.73 Å². The second kappa shape index (κ2) is 4.34. The minimum atomic E-state index is -0.274. The van der Waals surface area contributed by atoms with E-state index >= 15 is 0 Å². The summed E-state index contributed by atoms with van der Waals surface area (Å²) in [5.74, 6) is -0.274. The maximum Gasteiger partial charge on any atom is 0.221 e. The number of carbonyl (C=O) groups excluding carboxylic acids is 1. The van der Waals surface area contributed by atoms with Crippen LogP contribution >= 0.6 is 0 Å². The summed E-state index contributed by atoms with van der Waals surface area (Å²) in [5.41, 5.74) is 7.38. The summed E-state index contributed by atoms with van der Waals surface area (Å²) < 4.78 is 0. The van der Waals surface area contributed by atoms with Gasteiger partial charge in [-0.05, 0) is 30.5 Å². The van der Waals surface area contributed by atoms with Crippen LogP contribution in [0.5, 0.6) is 0 Å². The van der Waals surface area contributed by atoms with Crippen molar-refractivity contribution in [3.8, 4) is 0 Å². The number of amides is 1. The Hall–Kier alpha value is -1.51. The number of hydrogen-bond donors (Lipinski definition) is 1. The number of primary amides is 1. The summed E-state index contributed by atoms with van der Waals surface area (Å²) in [6.07, 6.45) is 2.90. The quantitative estimate of drug-likeness (QED) is 0.807. The number of anilines is 1. The normalized spacial score (nSPS) is 15.6. The van der Waals surface area contributed by atoms with Gasteiger partial charge in [-0.1, -0.05) is 12.1 Å². The van der Waals surface area contributed by atoms with Crippen LogP contribution in [-0.2, 0) is 11.2 Å². The first kappa shape index (κ1) is 10.0. The van der Waals surface area contributed by atoms with Gasteiger partial charge >= 0.3 is 0 Å². The lowest BCUT2D eigenvalue weighted by molar-refractivity contribution is -0.117. The zero-order valence-corrected chi connectivity index (χ0v) is 8.78. The monoisotopic (exact) mass is 204 g/mol. The van der Waals surface area contributed by atoms with E-state index < -0.39 is 0 Å². The van der Waals surface area contributed by atoms with Crippen LogP contribution in [-0.4, -0.2) is 19.0 Å². The number of nitrogens with zero attached hydrogens (tertiary/aromatic N) is 1. The molecule has 0 bridgehead atoms. The van der Waals surface area contributed by atoms with E-state index in [0.29, 0.717) is 6.42 Å². The van der Waals surface area contributed by atoms with Crippen LogP contribution in [0, 0.1) is 0 Å². The number of benzene rings is 1. The molecule has 0 radical (unpaired) electrons. The molecule has 1 aromatic carbocycles. The van der Waals surface area contributed by atoms with Crippen molar-refractivity contribution < 1.29 is 4.79 Å². The van der Waals surface area contributed by atoms with E-state index in [-0.39, 0.29) is 5.91 Å². The van der Waals surface area contributed by atoms with Gasteiger partial charge in [0.25, 0.3) is 0 Å². The van der Waals surface area contributed by atoms with Crippen molar-refractivity contribution in [1.29, 1.82) is 0 Å². The van der Waals surface area contributed by atoms with Gasteiger partial charge in [0.2, 0.25) is 5.91 Å². The average molecular weight is 204 g/mol. The van der Waals surface area contributed by atoms with Gasteiger partial charge in [0.15, 0.2) is 0 Å². The van der Waals surface area contributed by atoms with Crippen LogP contribution in [0.1, 0.15) is 18.4 Å². The van der Waals surface area contributed by atoms with Gasteiger partial charge in [0.1, 0.15) is 0 Å². The Kier molecular flexibility index (Phi) is 2.90. The van der Waals surface area contributed by atoms with Gasteiger partial charge in [0, 0.05) is 18.8 Å². The molecule has 0 atom stereocenters. The van der Waals surface area contributed by atoms with Crippen LogP contribution < -0.4 is 10.6 Å². The summed E-state index contributed by atoms with van der Waals surface area (Å²) in [7, 11) is 0. The largest absolute Gasteiger partial charge is 0.372 e. The van der Waals surface area contributed by atoms with E-state index in [4.69, 9.17) is 5.73 Å². The smallest absolute Gasteiger partial charge is 0.221 e. The third-order valence-electron chi connectivity index (χ3n) is 2.79. The van der Waals surface area contributed by atoms with Crippen molar-refractivity contribution >= 4 is 11.6 Å². The fourth-order valence-electron chi connectivity index (χ4n) is 2.00. The summed E-state index contributed by atoms with van der Waals surface area (Å²) in [4.78, 5) is 13.1. The van der Waals surface area contributed by atoms with E-state index in [0.717, 1.165) is 18.7 Å². The molecule has 3 heteroatoms. The molecule has 2 rings (SSSR count). The van der Waals surface area contributed by atoms with Crippen molar-refractivity contribution in [1.82, 2.24) is 0 Å². The van der Waals surface area contributed by atoms with Crippen molar-refractivity contribution in [2.75, 3.05) is 18.0 Å². The lowest BCUT2D eigenvalue weighted by atomic mass is 10.1. The summed E-state index contributed by atoms with van der Waals surface area (Å²) >= 11 is 0. The molecule has 0 spiro atoms. The topological polar surface area (TPSA) is 46.3 Å². The molecule has 0 aromatic heterocycles. The van der Waals surface area contributed by atoms with E-state index in [1.165, 1.54) is 18.5 Å². The lowest BCUT2D eigenvalue weighted by Crippen LogP contribution is -2.17. The van der Waals surface area contributed by atoms with Crippen molar-refractivity contribution in [3.05, 3.63) is 29.8 Å². The first-order valence-electron chi connectivity index (χ1n) is 5.38. The van der Waals surface area contributed by atoms with Gasteiger partial charge < -0.3 is 10.6 Å². The lowest BCUT2D eigenvalue weighted by Gasteiger charge is -2.17. The van der Waals surface area contributed by atoms with Crippen LogP contribution in [0.4, 0.5) is 5.69 Å². The molecule has 1 aromatic rings. The van der Waals surface area contributed by atoms with Crippen LogP contribution in [0.25, 0.3) is 0 Å². The molecule has 0 saturated carbocycles. The molecule has 80 valence electrons. The molecule has 0 aliphatic carbocycles. The molecule has 1 aliphatic heterocycles. The molecule has 0 unspecified atom stereocenters. The maximum absolute atomic E-state index is 10.7. The highest BCUT2D eigenvalue weighted by Crippen LogP contribution is 2.20. The molecule has 15 heavy (non-hydrogen) atoms. The van der Waals surface area contributed by atoms with Crippen LogP contribution in [0.2, 0.25) is 0 Å². The first-order chi connectivity index (χ1) is 7.25. The third kappa shape index (κ3) is 2.49. The number of hydrogen-bond acceptors (Lipinski definition) is 2. The number of rotatable bonds is 3. The van der Waals surface area contributed by atoms with E-state index in [1.807, 2.05) is 12.1 Å². The van der Waals surface area contributed by atoms with Gasteiger partial charge in [0.05, 0.1) is 6.42 Å². The SMILES string of the molecule is NC(=O)Cc1ccc(N2CCCC2)cc1. The Morgan fingerprint density at radius 2 is 1.80 bits per heavy atom. The molecule has 1 amide bonds. The second-order valence-corrected chi connectivity index (χ2v) is 4.00. The van der Waals surface area contributed by atoms with Gasteiger partial charge in [-0.3, -0.25) is 4.79 Å². The third-order valence-corrected chi connectivity index (χ3v) is 2.79. The molecule has 1 aliphatic rings. The molecule has 2 N–H and O–H groups in total. The Morgan fingerprint density at radius 3 is 2.33 bits per heavy atom. The minimum absolute atomic E-state index is 0.274. The molecule has 1 fully saturated rings. The van der Waals surface area contributed by atoms with E-state index in [2.05, 4.69) is 17.0 Å². The highest BCUT2D eigenvalue weighted by molar-refractivity contribution is 5.76. The zero-order chi connectivity index (χ0) is 10.7. The predicted octanol–water partition coefficient (Wildman–Crippen LogP) is 1.31. The molecule has 3 nitrogen and oxygen atoms in total. The molecular weight excluding hydrogens is 188 g/mol. The Morgan fingerprint density at radius 1 is 1.20 bits per heavy atom. The van der Waals surface area contributed by atoms with Crippen molar-refractivity contribution in [2.45, 2.75) is 19.3 Å². The summed E-state index contributed by atoms with van der Waals surface area (Å²) in [6.45, 7) is 2.30.